The van der Waals surface area contributed by atoms with Crippen molar-refractivity contribution >= 4 is 10.5 Å². The Bertz CT molecular complexity index is 497. The highest BCUT2D eigenvalue weighted by Gasteiger charge is 2.13. The highest BCUT2D eigenvalue weighted by Crippen LogP contribution is 2.15. The molecular weight excluding hydrogens is 273 g/mol. The standard InChI is InChI=1S/C12H16FNO4S/c13-19(15,16)18-12-5-3-10(4-6-12)8-14-11-2-1-7-17-9-11/h3-6,11,14H,1-2,7-9H2/t11-/m0/s1. The maximum atomic E-state index is 12.3. The largest absolute Gasteiger partial charge is 0.488 e. The lowest BCUT2D eigenvalue weighted by atomic mass is 10.1. The monoisotopic (exact) mass is 289 g/mol. The van der Waals surface area contributed by atoms with Crippen LogP contribution in [0.3, 0.4) is 0 Å². The fourth-order valence-electron chi connectivity index (χ4n) is 1.94. The van der Waals surface area contributed by atoms with Gasteiger partial charge in [0.05, 0.1) is 6.61 Å². The van der Waals surface area contributed by atoms with Crippen molar-refractivity contribution in [1.29, 1.82) is 0 Å². The number of hydrogen-bond donors (Lipinski definition) is 1. The Morgan fingerprint density at radius 3 is 2.68 bits per heavy atom. The summed E-state index contributed by atoms with van der Waals surface area (Å²) in [6.45, 7) is 2.18. The number of nitrogens with one attached hydrogen (secondary N) is 1. The number of halogens is 1. The Morgan fingerprint density at radius 2 is 2.11 bits per heavy atom. The predicted octanol–water partition coefficient (Wildman–Crippen LogP) is 1.55. The van der Waals surface area contributed by atoms with Crippen molar-refractivity contribution < 1.29 is 21.2 Å². The van der Waals surface area contributed by atoms with Crippen LogP contribution >= 0.6 is 0 Å². The van der Waals surface area contributed by atoms with Crippen LogP contribution in [0.15, 0.2) is 24.3 Å². The van der Waals surface area contributed by atoms with Crippen molar-refractivity contribution in [2.45, 2.75) is 25.4 Å². The van der Waals surface area contributed by atoms with E-state index in [0.29, 0.717) is 19.2 Å². The van der Waals surface area contributed by atoms with Gasteiger partial charge >= 0.3 is 10.5 Å². The Hall–Kier alpha value is -1.18. The second kappa shape index (κ2) is 6.31. The van der Waals surface area contributed by atoms with E-state index in [0.717, 1.165) is 25.0 Å². The van der Waals surface area contributed by atoms with Gasteiger partial charge in [-0.25, -0.2) is 0 Å². The molecule has 1 atom stereocenters. The molecule has 0 bridgehead atoms. The minimum absolute atomic E-state index is 0.0350. The average Bonchev–Trinajstić information content (AvgIpc) is 2.37. The van der Waals surface area contributed by atoms with Gasteiger partial charge in [0, 0.05) is 19.2 Å². The molecule has 0 saturated carbocycles. The van der Waals surface area contributed by atoms with Crippen LogP contribution < -0.4 is 9.50 Å². The van der Waals surface area contributed by atoms with Gasteiger partial charge in [0.1, 0.15) is 5.75 Å². The zero-order valence-corrected chi connectivity index (χ0v) is 11.2. The molecule has 1 saturated heterocycles. The van der Waals surface area contributed by atoms with Crippen molar-refractivity contribution in [3.8, 4) is 5.75 Å². The van der Waals surface area contributed by atoms with Crippen LogP contribution in [0, 0.1) is 0 Å². The molecule has 7 heteroatoms. The van der Waals surface area contributed by atoms with E-state index in [4.69, 9.17) is 4.74 Å². The summed E-state index contributed by atoms with van der Waals surface area (Å²) in [4.78, 5) is 0. The van der Waals surface area contributed by atoms with Crippen molar-refractivity contribution in [3.05, 3.63) is 29.8 Å². The third-order valence-electron chi connectivity index (χ3n) is 2.87. The SMILES string of the molecule is O=S(=O)(F)Oc1ccc(CN[C@H]2CCCOC2)cc1. The second-order valence-corrected chi connectivity index (χ2v) is 5.37. The van der Waals surface area contributed by atoms with Gasteiger partial charge in [-0.15, -0.1) is 0 Å². The van der Waals surface area contributed by atoms with Crippen molar-refractivity contribution in [1.82, 2.24) is 5.32 Å². The normalized spacial score (nSPS) is 20.2. The lowest BCUT2D eigenvalue weighted by molar-refractivity contribution is 0.0699. The molecule has 0 radical (unpaired) electrons. The van der Waals surface area contributed by atoms with Gasteiger partial charge in [0.25, 0.3) is 0 Å². The Balaban J connectivity index is 1.84. The van der Waals surface area contributed by atoms with Gasteiger partial charge in [0.2, 0.25) is 0 Å². The average molecular weight is 289 g/mol. The number of ether oxygens (including phenoxy) is 1. The van der Waals surface area contributed by atoms with E-state index in [1.54, 1.807) is 12.1 Å². The van der Waals surface area contributed by atoms with Gasteiger partial charge < -0.3 is 14.2 Å². The summed E-state index contributed by atoms with van der Waals surface area (Å²) >= 11 is 0. The summed E-state index contributed by atoms with van der Waals surface area (Å²) in [5.41, 5.74) is 0.967. The molecule has 1 heterocycles. The molecule has 1 aromatic rings. The van der Waals surface area contributed by atoms with Crippen LogP contribution in [0.2, 0.25) is 0 Å². The molecule has 1 aliphatic rings. The molecule has 5 nitrogen and oxygen atoms in total. The Morgan fingerprint density at radius 1 is 1.37 bits per heavy atom. The molecule has 2 rings (SSSR count). The van der Waals surface area contributed by atoms with E-state index >= 15 is 0 Å². The van der Waals surface area contributed by atoms with Crippen LogP contribution in [0.1, 0.15) is 18.4 Å². The Kier molecular flexibility index (Phi) is 4.73. The predicted molar refractivity (Wildman–Crippen MR) is 67.8 cm³/mol. The van der Waals surface area contributed by atoms with Crippen molar-refractivity contribution in [3.63, 3.8) is 0 Å². The van der Waals surface area contributed by atoms with Crippen LogP contribution in [0.25, 0.3) is 0 Å². The molecule has 1 fully saturated rings. The van der Waals surface area contributed by atoms with Crippen molar-refractivity contribution in [2.24, 2.45) is 0 Å². The molecule has 0 amide bonds. The highest BCUT2D eigenvalue weighted by atomic mass is 32.3. The van der Waals surface area contributed by atoms with E-state index in [1.165, 1.54) is 12.1 Å². The van der Waals surface area contributed by atoms with Crippen LogP contribution in [0.4, 0.5) is 3.89 Å². The molecule has 1 N–H and O–H groups in total. The molecule has 19 heavy (non-hydrogen) atoms. The summed E-state index contributed by atoms with van der Waals surface area (Å²) in [6, 6.07) is 6.57. The zero-order chi connectivity index (χ0) is 13.7. The number of hydrogen-bond acceptors (Lipinski definition) is 5. The lowest BCUT2D eigenvalue weighted by Crippen LogP contribution is -2.36. The summed E-state index contributed by atoms with van der Waals surface area (Å²) in [5, 5.41) is 3.35. The van der Waals surface area contributed by atoms with E-state index in [2.05, 4.69) is 9.50 Å². The zero-order valence-electron chi connectivity index (χ0n) is 10.3. The minimum Gasteiger partial charge on any atom is -0.380 e. The molecule has 1 aromatic carbocycles. The summed E-state index contributed by atoms with van der Waals surface area (Å²) < 4.78 is 42.4. The molecular formula is C12H16FNO4S. The van der Waals surface area contributed by atoms with E-state index < -0.39 is 10.5 Å². The van der Waals surface area contributed by atoms with Gasteiger partial charge in [-0.05, 0) is 30.5 Å². The summed E-state index contributed by atoms with van der Waals surface area (Å²) in [5.74, 6) is -0.0350. The van der Waals surface area contributed by atoms with E-state index in [-0.39, 0.29) is 5.75 Å². The Labute approximate surface area is 112 Å². The van der Waals surface area contributed by atoms with Gasteiger partial charge in [-0.3, -0.25) is 0 Å². The van der Waals surface area contributed by atoms with Crippen LogP contribution in [0.5, 0.6) is 5.75 Å². The number of rotatable bonds is 5. The molecule has 0 aromatic heterocycles. The van der Waals surface area contributed by atoms with Crippen molar-refractivity contribution in [2.75, 3.05) is 13.2 Å². The third-order valence-corrected chi connectivity index (χ3v) is 3.27. The first-order valence-corrected chi connectivity index (χ1v) is 7.38. The lowest BCUT2D eigenvalue weighted by Gasteiger charge is -2.23. The van der Waals surface area contributed by atoms with Gasteiger partial charge in [-0.1, -0.05) is 16.0 Å². The second-order valence-electron chi connectivity index (χ2n) is 4.42. The molecule has 0 spiro atoms. The third kappa shape index (κ3) is 5.14. The molecule has 1 aliphatic heterocycles. The minimum atomic E-state index is -4.95. The van der Waals surface area contributed by atoms with Gasteiger partial charge in [-0.2, -0.15) is 8.42 Å². The number of benzene rings is 1. The summed E-state index contributed by atoms with van der Waals surface area (Å²) in [7, 11) is -4.95. The fourth-order valence-corrected chi connectivity index (χ4v) is 2.28. The summed E-state index contributed by atoms with van der Waals surface area (Å²) in [6.07, 6.45) is 2.14. The smallest absolute Gasteiger partial charge is 0.380 e. The fraction of sp³-hybridized carbons (Fsp3) is 0.500. The first-order chi connectivity index (χ1) is 9.03. The highest BCUT2D eigenvalue weighted by molar-refractivity contribution is 7.81. The quantitative estimate of drug-likeness (QED) is 0.833. The maximum absolute atomic E-state index is 12.3. The van der Waals surface area contributed by atoms with Crippen LogP contribution in [-0.2, 0) is 21.8 Å². The van der Waals surface area contributed by atoms with E-state index in [9.17, 15) is 12.3 Å². The topological polar surface area (TPSA) is 64.6 Å². The molecule has 0 unspecified atom stereocenters. The molecule has 0 aliphatic carbocycles. The maximum Gasteiger partial charge on any atom is 0.488 e. The molecule has 106 valence electrons. The van der Waals surface area contributed by atoms with Gasteiger partial charge in [0.15, 0.2) is 0 Å². The van der Waals surface area contributed by atoms with E-state index in [1.807, 2.05) is 0 Å². The first-order valence-electron chi connectivity index (χ1n) is 6.07. The van der Waals surface area contributed by atoms with Crippen LogP contribution in [-0.4, -0.2) is 27.7 Å². The first kappa shape index (κ1) is 14.2.